The molecule has 166 valence electrons. The average Bonchev–Trinajstić information content (AvgIpc) is 3.06. The van der Waals surface area contributed by atoms with Gasteiger partial charge in [-0.1, -0.05) is 24.4 Å². The molecule has 2 unspecified atom stereocenters. The maximum Gasteiger partial charge on any atom is 0.243 e. The van der Waals surface area contributed by atoms with Crippen molar-refractivity contribution in [3.05, 3.63) is 59.4 Å². The summed E-state index contributed by atoms with van der Waals surface area (Å²) in [6.07, 6.45) is 9.02. The number of sulfonamides is 1. The summed E-state index contributed by atoms with van der Waals surface area (Å²) in [6.45, 7) is 1.37. The van der Waals surface area contributed by atoms with Crippen LogP contribution in [0.1, 0.15) is 50.1 Å². The zero-order valence-corrected chi connectivity index (χ0v) is 19.1. The number of hydrogen-bond acceptors (Lipinski definition) is 4. The zero-order valence-electron chi connectivity index (χ0n) is 17.5. The van der Waals surface area contributed by atoms with Crippen molar-refractivity contribution in [1.29, 1.82) is 0 Å². The summed E-state index contributed by atoms with van der Waals surface area (Å²) < 4.78 is 27.7. The summed E-state index contributed by atoms with van der Waals surface area (Å²) >= 11 is 5.91. The van der Waals surface area contributed by atoms with Crippen molar-refractivity contribution < 1.29 is 13.2 Å². The first-order chi connectivity index (χ1) is 15.0. The lowest BCUT2D eigenvalue weighted by molar-refractivity contribution is -0.139. The molecule has 2 aliphatic rings. The first-order valence-electron chi connectivity index (χ1n) is 10.9. The van der Waals surface area contributed by atoms with Crippen LogP contribution in [0.15, 0.2) is 53.7 Å². The summed E-state index contributed by atoms with van der Waals surface area (Å²) in [5, 5.41) is 0.494. The Balaban J connectivity index is 1.54. The van der Waals surface area contributed by atoms with Crippen LogP contribution in [0.4, 0.5) is 0 Å². The van der Waals surface area contributed by atoms with E-state index in [-0.39, 0.29) is 29.3 Å². The Kier molecular flexibility index (Phi) is 6.94. The number of rotatable bonds is 4. The van der Waals surface area contributed by atoms with Gasteiger partial charge in [-0.05, 0) is 67.6 Å². The minimum atomic E-state index is -3.65. The van der Waals surface area contributed by atoms with E-state index in [1.54, 1.807) is 24.5 Å². The highest BCUT2D eigenvalue weighted by Gasteiger charge is 2.37. The number of likely N-dealkylation sites (tertiary alicyclic amines) is 1. The molecule has 2 fully saturated rings. The van der Waals surface area contributed by atoms with Crippen molar-refractivity contribution in [2.75, 3.05) is 19.6 Å². The van der Waals surface area contributed by atoms with E-state index in [0.29, 0.717) is 31.0 Å². The van der Waals surface area contributed by atoms with Crippen molar-refractivity contribution in [2.45, 2.75) is 49.5 Å². The van der Waals surface area contributed by atoms with E-state index in [1.165, 1.54) is 16.4 Å². The van der Waals surface area contributed by atoms with E-state index in [1.807, 2.05) is 17.0 Å². The summed E-state index contributed by atoms with van der Waals surface area (Å²) in [6, 6.07) is 10.2. The van der Waals surface area contributed by atoms with Crippen molar-refractivity contribution in [1.82, 2.24) is 14.2 Å². The van der Waals surface area contributed by atoms with Crippen LogP contribution in [-0.4, -0.2) is 48.1 Å². The average molecular weight is 462 g/mol. The summed E-state index contributed by atoms with van der Waals surface area (Å²) in [7, 11) is -3.65. The fraction of sp³-hybridized carbons (Fsp3) is 0.478. The van der Waals surface area contributed by atoms with Crippen LogP contribution in [0, 0.1) is 5.92 Å². The quantitative estimate of drug-likeness (QED) is 0.681. The number of piperidine rings is 1. The fourth-order valence-electron chi connectivity index (χ4n) is 4.66. The Bertz CT molecular complexity index is 998. The molecule has 8 heteroatoms. The molecule has 31 heavy (non-hydrogen) atoms. The summed E-state index contributed by atoms with van der Waals surface area (Å²) in [5.41, 5.74) is 1.10. The van der Waals surface area contributed by atoms with Gasteiger partial charge >= 0.3 is 0 Å². The monoisotopic (exact) mass is 461 g/mol. The largest absolute Gasteiger partial charge is 0.335 e. The third-order valence-corrected chi connectivity index (χ3v) is 8.44. The fourth-order valence-corrected chi connectivity index (χ4v) is 6.31. The van der Waals surface area contributed by atoms with Crippen molar-refractivity contribution >= 4 is 27.5 Å². The van der Waals surface area contributed by atoms with E-state index < -0.39 is 10.0 Å². The van der Waals surface area contributed by atoms with E-state index in [4.69, 9.17) is 11.6 Å². The molecule has 0 N–H and O–H groups in total. The van der Waals surface area contributed by atoms with Gasteiger partial charge in [0.05, 0.1) is 16.9 Å². The van der Waals surface area contributed by atoms with Crippen LogP contribution in [0.3, 0.4) is 0 Å². The number of nitrogens with zero attached hydrogens (tertiary/aromatic N) is 3. The van der Waals surface area contributed by atoms with Gasteiger partial charge in [-0.2, -0.15) is 4.31 Å². The van der Waals surface area contributed by atoms with Crippen LogP contribution in [0.2, 0.25) is 5.02 Å². The number of benzene rings is 1. The molecule has 3 heterocycles. The molecule has 6 nitrogen and oxygen atoms in total. The molecule has 1 amide bonds. The van der Waals surface area contributed by atoms with Gasteiger partial charge in [-0.25, -0.2) is 8.42 Å². The molecule has 0 spiro atoms. The number of pyridine rings is 1. The molecule has 4 rings (SSSR count). The topological polar surface area (TPSA) is 70.6 Å². The molecule has 0 radical (unpaired) electrons. The molecule has 2 aromatic rings. The lowest BCUT2D eigenvalue weighted by Gasteiger charge is -2.37. The number of carbonyl (C=O) groups is 1. The van der Waals surface area contributed by atoms with E-state index in [0.717, 1.165) is 31.2 Å². The van der Waals surface area contributed by atoms with Crippen molar-refractivity contribution in [3.63, 3.8) is 0 Å². The van der Waals surface area contributed by atoms with Crippen molar-refractivity contribution in [3.8, 4) is 0 Å². The Hall–Kier alpha value is -1.96. The molecular formula is C23H28ClN3O3S. The number of amides is 1. The second kappa shape index (κ2) is 9.67. The number of halogens is 1. The first kappa shape index (κ1) is 22.2. The summed E-state index contributed by atoms with van der Waals surface area (Å²) in [4.78, 5) is 19.9. The Morgan fingerprint density at radius 1 is 0.935 bits per heavy atom. The SMILES string of the molecule is O=C(C1CCCN(S(=O)(=O)c2ccc(Cl)cc2)C1)N1CCCCCC1c1ccncc1. The van der Waals surface area contributed by atoms with Gasteiger partial charge < -0.3 is 4.90 Å². The van der Waals surface area contributed by atoms with Crippen LogP contribution in [0.25, 0.3) is 0 Å². The molecule has 2 saturated heterocycles. The Labute approximate surface area is 189 Å². The first-order valence-corrected chi connectivity index (χ1v) is 12.7. The van der Waals surface area contributed by atoms with Crippen LogP contribution in [0.5, 0.6) is 0 Å². The number of carbonyl (C=O) groups excluding carboxylic acids is 1. The number of aromatic nitrogens is 1. The predicted molar refractivity (Wildman–Crippen MR) is 120 cm³/mol. The predicted octanol–water partition coefficient (Wildman–Crippen LogP) is 4.28. The molecule has 0 bridgehead atoms. The Morgan fingerprint density at radius 2 is 1.68 bits per heavy atom. The summed E-state index contributed by atoms with van der Waals surface area (Å²) in [5.74, 6) is -0.252. The van der Waals surface area contributed by atoms with Gasteiger partial charge in [0.1, 0.15) is 0 Å². The van der Waals surface area contributed by atoms with E-state index in [2.05, 4.69) is 4.98 Å². The van der Waals surface area contributed by atoms with Gasteiger partial charge in [0, 0.05) is 37.1 Å². The smallest absolute Gasteiger partial charge is 0.243 e. The minimum Gasteiger partial charge on any atom is -0.335 e. The normalized spacial score (nSPS) is 23.3. The maximum atomic E-state index is 13.6. The van der Waals surface area contributed by atoms with E-state index in [9.17, 15) is 13.2 Å². The maximum absolute atomic E-state index is 13.6. The van der Waals surface area contributed by atoms with Gasteiger partial charge in [0.2, 0.25) is 15.9 Å². The standard InChI is InChI=1S/C23H28ClN3O3S/c24-20-7-9-21(10-8-20)31(29,30)26-15-4-5-19(17-26)23(28)27-16-3-1-2-6-22(27)18-11-13-25-14-12-18/h7-14,19,22H,1-6,15-17H2. The van der Waals surface area contributed by atoms with Crippen LogP contribution < -0.4 is 0 Å². The lowest BCUT2D eigenvalue weighted by atomic mass is 9.95. The highest BCUT2D eigenvalue weighted by molar-refractivity contribution is 7.89. The molecule has 1 aromatic carbocycles. The van der Waals surface area contributed by atoms with Crippen LogP contribution >= 0.6 is 11.6 Å². The lowest BCUT2D eigenvalue weighted by Crippen LogP contribution is -2.47. The second-order valence-corrected chi connectivity index (χ2v) is 10.7. The third-order valence-electron chi connectivity index (χ3n) is 6.31. The van der Waals surface area contributed by atoms with Gasteiger partial charge in [0.15, 0.2) is 0 Å². The zero-order chi connectivity index (χ0) is 21.8. The molecule has 2 atom stereocenters. The van der Waals surface area contributed by atoms with Crippen molar-refractivity contribution in [2.24, 2.45) is 5.92 Å². The molecule has 0 saturated carbocycles. The molecule has 1 aromatic heterocycles. The third kappa shape index (κ3) is 4.94. The molecule has 2 aliphatic heterocycles. The Morgan fingerprint density at radius 3 is 2.42 bits per heavy atom. The van der Waals surface area contributed by atoms with Gasteiger partial charge in [-0.3, -0.25) is 9.78 Å². The second-order valence-electron chi connectivity index (χ2n) is 8.33. The molecule has 0 aliphatic carbocycles. The molecular weight excluding hydrogens is 434 g/mol. The van der Waals surface area contributed by atoms with Gasteiger partial charge in [0.25, 0.3) is 0 Å². The van der Waals surface area contributed by atoms with E-state index >= 15 is 0 Å². The minimum absolute atomic E-state index is 0.0289. The number of hydrogen-bond donors (Lipinski definition) is 0. The highest BCUT2D eigenvalue weighted by Crippen LogP contribution is 2.33. The van der Waals surface area contributed by atoms with Gasteiger partial charge in [-0.15, -0.1) is 0 Å². The highest BCUT2D eigenvalue weighted by atomic mass is 35.5. The van der Waals surface area contributed by atoms with Crippen LogP contribution in [-0.2, 0) is 14.8 Å².